The highest BCUT2D eigenvalue weighted by molar-refractivity contribution is 5.45. The van der Waals surface area contributed by atoms with E-state index in [1.165, 1.54) is 0 Å². The van der Waals surface area contributed by atoms with Gasteiger partial charge >= 0.3 is 0 Å². The Kier molecular flexibility index (Phi) is 4.14. The zero-order valence-electron chi connectivity index (χ0n) is 9.27. The van der Waals surface area contributed by atoms with Crippen LogP contribution in [0.25, 0.3) is 0 Å². The van der Waals surface area contributed by atoms with Crippen molar-refractivity contribution in [2.75, 3.05) is 18.5 Å². The highest BCUT2D eigenvalue weighted by Crippen LogP contribution is 2.15. The van der Waals surface area contributed by atoms with E-state index in [-0.39, 0.29) is 6.04 Å². The zero-order valence-corrected chi connectivity index (χ0v) is 9.27. The molecule has 1 atom stereocenters. The number of hydrogen-bond donors (Lipinski definition) is 1. The third-order valence-corrected chi connectivity index (χ3v) is 2.36. The fraction of sp³-hybridized carbons (Fsp3) is 0.417. The maximum Gasteiger partial charge on any atom is 0.0789 e. The SMILES string of the molecule is C#CCN(C)c1ccc([C@@H](N)CC)nc1. The van der Waals surface area contributed by atoms with E-state index in [9.17, 15) is 0 Å². The molecule has 0 radical (unpaired) electrons. The summed E-state index contributed by atoms with van der Waals surface area (Å²) in [6.07, 6.45) is 7.94. The summed E-state index contributed by atoms with van der Waals surface area (Å²) in [7, 11) is 1.94. The van der Waals surface area contributed by atoms with Crippen molar-refractivity contribution in [2.45, 2.75) is 19.4 Å². The Morgan fingerprint density at radius 2 is 2.33 bits per heavy atom. The van der Waals surface area contributed by atoms with E-state index in [1.54, 1.807) is 0 Å². The Bertz CT molecular complexity index is 337. The molecule has 2 N–H and O–H groups in total. The monoisotopic (exact) mass is 203 g/mol. The molecule has 0 saturated heterocycles. The first-order valence-electron chi connectivity index (χ1n) is 5.05. The minimum Gasteiger partial charge on any atom is -0.362 e. The topological polar surface area (TPSA) is 42.1 Å². The van der Waals surface area contributed by atoms with Gasteiger partial charge in [0.1, 0.15) is 0 Å². The Hall–Kier alpha value is -1.53. The molecule has 0 aliphatic rings. The summed E-state index contributed by atoms with van der Waals surface area (Å²) in [5, 5.41) is 0. The Labute approximate surface area is 91.3 Å². The molecule has 80 valence electrons. The second kappa shape index (κ2) is 5.38. The number of anilines is 1. The Morgan fingerprint density at radius 3 is 2.80 bits per heavy atom. The fourth-order valence-electron chi connectivity index (χ4n) is 1.28. The van der Waals surface area contributed by atoms with E-state index < -0.39 is 0 Å². The third kappa shape index (κ3) is 2.97. The zero-order chi connectivity index (χ0) is 11.3. The van der Waals surface area contributed by atoms with Gasteiger partial charge in [-0.1, -0.05) is 12.8 Å². The maximum atomic E-state index is 5.87. The maximum absolute atomic E-state index is 5.87. The van der Waals surface area contributed by atoms with E-state index in [0.29, 0.717) is 6.54 Å². The van der Waals surface area contributed by atoms with Gasteiger partial charge in [-0.3, -0.25) is 4.98 Å². The van der Waals surface area contributed by atoms with Crippen molar-refractivity contribution in [1.82, 2.24) is 4.98 Å². The van der Waals surface area contributed by atoms with E-state index in [1.807, 2.05) is 37.2 Å². The van der Waals surface area contributed by atoms with Crippen molar-refractivity contribution in [3.05, 3.63) is 24.0 Å². The lowest BCUT2D eigenvalue weighted by atomic mass is 10.1. The van der Waals surface area contributed by atoms with Gasteiger partial charge in [0.25, 0.3) is 0 Å². The Morgan fingerprint density at radius 1 is 1.60 bits per heavy atom. The second-order valence-corrected chi connectivity index (χ2v) is 3.52. The molecule has 0 fully saturated rings. The summed E-state index contributed by atoms with van der Waals surface area (Å²) in [6.45, 7) is 2.63. The van der Waals surface area contributed by atoms with Crippen LogP contribution in [0.1, 0.15) is 25.1 Å². The molecule has 0 aromatic carbocycles. The van der Waals surface area contributed by atoms with Gasteiger partial charge in [0, 0.05) is 13.1 Å². The van der Waals surface area contributed by atoms with Gasteiger partial charge in [0.15, 0.2) is 0 Å². The van der Waals surface area contributed by atoms with E-state index in [2.05, 4.69) is 10.9 Å². The summed E-state index contributed by atoms with van der Waals surface area (Å²) in [4.78, 5) is 6.28. The molecule has 1 heterocycles. The van der Waals surface area contributed by atoms with Gasteiger partial charge in [-0.15, -0.1) is 6.42 Å². The molecule has 0 bridgehead atoms. The lowest BCUT2D eigenvalue weighted by molar-refractivity contribution is 0.675. The van der Waals surface area contributed by atoms with Crippen LogP contribution in [0.15, 0.2) is 18.3 Å². The van der Waals surface area contributed by atoms with Crippen LogP contribution in [0.2, 0.25) is 0 Å². The molecular weight excluding hydrogens is 186 g/mol. The van der Waals surface area contributed by atoms with Gasteiger partial charge in [-0.25, -0.2) is 0 Å². The Balaban J connectivity index is 2.77. The van der Waals surface area contributed by atoms with Crippen molar-refractivity contribution in [3.8, 4) is 12.3 Å². The molecule has 0 amide bonds. The summed E-state index contributed by atoms with van der Waals surface area (Å²) < 4.78 is 0. The first-order chi connectivity index (χ1) is 7.19. The van der Waals surface area contributed by atoms with Crippen LogP contribution >= 0.6 is 0 Å². The molecule has 0 unspecified atom stereocenters. The number of aromatic nitrogens is 1. The summed E-state index contributed by atoms with van der Waals surface area (Å²) in [5.74, 6) is 2.59. The lowest BCUT2D eigenvalue weighted by Crippen LogP contribution is -2.18. The fourth-order valence-corrected chi connectivity index (χ4v) is 1.28. The molecule has 15 heavy (non-hydrogen) atoms. The van der Waals surface area contributed by atoms with Crippen LogP contribution in [-0.2, 0) is 0 Å². The molecule has 0 aliphatic heterocycles. The standard InChI is InChI=1S/C12H17N3/c1-4-8-15(3)10-6-7-12(14-9-10)11(13)5-2/h1,6-7,9,11H,5,8,13H2,2-3H3/t11-/m0/s1. The largest absolute Gasteiger partial charge is 0.362 e. The molecule has 0 aliphatic carbocycles. The van der Waals surface area contributed by atoms with Crippen molar-refractivity contribution < 1.29 is 0 Å². The normalized spacial score (nSPS) is 11.9. The van der Waals surface area contributed by atoms with E-state index in [0.717, 1.165) is 17.8 Å². The van der Waals surface area contributed by atoms with Crippen LogP contribution in [-0.4, -0.2) is 18.6 Å². The molecule has 3 nitrogen and oxygen atoms in total. The van der Waals surface area contributed by atoms with Crippen LogP contribution in [0, 0.1) is 12.3 Å². The van der Waals surface area contributed by atoms with E-state index >= 15 is 0 Å². The van der Waals surface area contributed by atoms with Crippen molar-refractivity contribution in [2.24, 2.45) is 5.73 Å². The smallest absolute Gasteiger partial charge is 0.0789 e. The van der Waals surface area contributed by atoms with E-state index in [4.69, 9.17) is 12.2 Å². The first-order valence-corrected chi connectivity index (χ1v) is 5.05. The minimum atomic E-state index is 0.0250. The summed E-state index contributed by atoms with van der Waals surface area (Å²) in [5.41, 5.74) is 7.81. The van der Waals surface area contributed by atoms with Gasteiger partial charge in [0.05, 0.1) is 24.1 Å². The van der Waals surface area contributed by atoms with Crippen molar-refractivity contribution in [3.63, 3.8) is 0 Å². The number of nitrogens with two attached hydrogens (primary N) is 1. The van der Waals surface area contributed by atoms with Crippen LogP contribution < -0.4 is 10.6 Å². The highest BCUT2D eigenvalue weighted by atomic mass is 15.1. The second-order valence-electron chi connectivity index (χ2n) is 3.52. The molecule has 1 rings (SSSR count). The molecule has 1 aromatic rings. The number of rotatable bonds is 4. The molecule has 0 spiro atoms. The molecule has 0 saturated carbocycles. The van der Waals surface area contributed by atoms with Gasteiger partial charge < -0.3 is 10.6 Å². The average Bonchev–Trinajstić information content (AvgIpc) is 2.28. The predicted octanol–water partition coefficient (Wildman–Crippen LogP) is 1.56. The minimum absolute atomic E-state index is 0.0250. The van der Waals surface area contributed by atoms with Crippen LogP contribution in [0.3, 0.4) is 0 Å². The number of terminal acetylenes is 1. The third-order valence-electron chi connectivity index (χ3n) is 2.36. The van der Waals surface area contributed by atoms with Gasteiger partial charge in [0.2, 0.25) is 0 Å². The summed E-state index contributed by atoms with van der Waals surface area (Å²) >= 11 is 0. The lowest BCUT2D eigenvalue weighted by Gasteiger charge is -2.16. The van der Waals surface area contributed by atoms with Crippen molar-refractivity contribution >= 4 is 5.69 Å². The predicted molar refractivity (Wildman–Crippen MR) is 63.6 cm³/mol. The molecule has 3 heteroatoms. The average molecular weight is 203 g/mol. The highest BCUT2D eigenvalue weighted by Gasteiger charge is 2.05. The van der Waals surface area contributed by atoms with Gasteiger partial charge in [-0.05, 0) is 18.6 Å². The quantitative estimate of drug-likeness (QED) is 0.755. The van der Waals surface area contributed by atoms with Crippen LogP contribution in [0.4, 0.5) is 5.69 Å². The number of pyridine rings is 1. The van der Waals surface area contributed by atoms with Gasteiger partial charge in [-0.2, -0.15) is 0 Å². The van der Waals surface area contributed by atoms with Crippen molar-refractivity contribution in [1.29, 1.82) is 0 Å². The summed E-state index contributed by atoms with van der Waals surface area (Å²) in [6, 6.07) is 3.98. The number of nitrogens with zero attached hydrogens (tertiary/aromatic N) is 2. The van der Waals surface area contributed by atoms with Crippen LogP contribution in [0.5, 0.6) is 0 Å². The molecule has 1 aromatic heterocycles. The first kappa shape index (κ1) is 11.5. The molecular formula is C12H17N3. The number of hydrogen-bond acceptors (Lipinski definition) is 3.